The average molecular weight is 456 g/mol. The molecular formula is C22H25N5O4S. The topological polar surface area (TPSA) is 99.3 Å². The summed E-state index contributed by atoms with van der Waals surface area (Å²) in [6.45, 7) is 1.51. The number of amides is 1. The number of hydrogen-bond donors (Lipinski definition) is 0. The Hall–Kier alpha value is -3.14. The second-order valence-corrected chi connectivity index (χ2v) is 8.65. The number of para-hydroxylation sites is 1. The monoisotopic (exact) mass is 455 g/mol. The van der Waals surface area contributed by atoms with Crippen LogP contribution in [-0.2, 0) is 18.9 Å². The van der Waals surface area contributed by atoms with Crippen LogP contribution in [0.3, 0.4) is 0 Å². The summed E-state index contributed by atoms with van der Waals surface area (Å²) in [7, 11) is 4.54. The van der Waals surface area contributed by atoms with E-state index in [4.69, 9.17) is 4.74 Å². The molecule has 0 N–H and O–H groups in total. The van der Waals surface area contributed by atoms with E-state index >= 15 is 0 Å². The number of fused-ring (bicyclic) bond motifs is 1. The average Bonchev–Trinajstić information content (AvgIpc) is 2.84. The van der Waals surface area contributed by atoms with Gasteiger partial charge < -0.3 is 9.64 Å². The van der Waals surface area contributed by atoms with Crippen molar-refractivity contribution in [2.45, 2.75) is 24.3 Å². The standard InChI is InChI=1S/C22H25N5O4S/c1-25-19-17(21(29)26(2)22(25)30)20(32-13-16(28)27-11-7-4-8-12-27)24-18(23-19)14-9-5-6-10-15(14)31-3/h5-6,9-10H,4,7-8,11-13H2,1-3H3. The summed E-state index contributed by atoms with van der Waals surface area (Å²) in [6, 6.07) is 7.27. The first-order valence-corrected chi connectivity index (χ1v) is 11.4. The highest BCUT2D eigenvalue weighted by molar-refractivity contribution is 8.00. The minimum absolute atomic E-state index is 0.0157. The minimum Gasteiger partial charge on any atom is -0.496 e. The smallest absolute Gasteiger partial charge is 0.332 e. The molecule has 1 saturated heterocycles. The maximum Gasteiger partial charge on any atom is 0.332 e. The Bertz CT molecular complexity index is 1290. The molecule has 1 fully saturated rings. The van der Waals surface area contributed by atoms with Crippen LogP contribution < -0.4 is 16.0 Å². The van der Waals surface area contributed by atoms with Crippen molar-refractivity contribution in [3.8, 4) is 17.1 Å². The third kappa shape index (κ3) is 4.02. The second-order valence-electron chi connectivity index (χ2n) is 7.69. The lowest BCUT2D eigenvalue weighted by Gasteiger charge is -2.26. The van der Waals surface area contributed by atoms with E-state index in [0.29, 0.717) is 22.2 Å². The van der Waals surface area contributed by atoms with Gasteiger partial charge >= 0.3 is 5.69 Å². The minimum atomic E-state index is -0.484. The van der Waals surface area contributed by atoms with Gasteiger partial charge in [-0.2, -0.15) is 0 Å². The molecule has 3 aromatic rings. The highest BCUT2D eigenvalue weighted by Gasteiger charge is 2.22. The van der Waals surface area contributed by atoms with E-state index in [9.17, 15) is 14.4 Å². The first-order chi connectivity index (χ1) is 15.4. The molecule has 1 aliphatic rings. The van der Waals surface area contributed by atoms with Crippen LogP contribution in [0.4, 0.5) is 0 Å². The molecule has 0 aliphatic carbocycles. The number of benzene rings is 1. The zero-order valence-corrected chi connectivity index (χ0v) is 19.1. The summed E-state index contributed by atoms with van der Waals surface area (Å²) in [4.78, 5) is 49.3. The summed E-state index contributed by atoms with van der Waals surface area (Å²) in [6.07, 6.45) is 3.15. The SMILES string of the molecule is COc1ccccc1-c1nc(SCC(=O)N2CCCCC2)c2c(=O)n(C)c(=O)n(C)c2n1. The van der Waals surface area contributed by atoms with Gasteiger partial charge in [-0.25, -0.2) is 14.8 Å². The van der Waals surface area contributed by atoms with Crippen molar-refractivity contribution in [2.75, 3.05) is 26.0 Å². The quantitative estimate of drug-likeness (QED) is 0.427. The Kier molecular flexibility index (Phi) is 6.31. The molecule has 3 heterocycles. The van der Waals surface area contributed by atoms with Crippen molar-refractivity contribution in [1.82, 2.24) is 24.0 Å². The number of rotatable bonds is 5. The summed E-state index contributed by atoms with van der Waals surface area (Å²) in [5.74, 6) is 1.07. The molecule has 0 bridgehead atoms. The van der Waals surface area contributed by atoms with Crippen LogP contribution in [0.15, 0.2) is 38.9 Å². The third-order valence-electron chi connectivity index (χ3n) is 5.66. The highest BCUT2D eigenvalue weighted by Crippen LogP contribution is 2.31. The van der Waals surface area contributed by atoms with E-state index < -0.39 is 11.2 Å². The number of thioether (sulfide) groups is 1. The Morgan fingerprint density at radius 2 is 1.78 bits per heavy atom. The molecule has 168 valence electrons. The number of hydrogen-bond acceptors (Lipinski definition) is 7. The van der Waals surface area contributed by atoms with Crippen LogP contribution >= 0.6 is 11.8 Å². The predicted octanol–water partition coefficient (Wildman–Crippen LogP) is 1.81. The number of aryl methyl sites for hydroxylation is 1. The number of methoxy groups -OCH3 is 1. The molecular weight excluding hydrogens is 430 g/mol. The lowest BCUT2D eigenvalue weighted by Crippen LogP contribution is -2.38. The largest absolute Gasteiger partial charge is 0.496 e. The van der Waals surface area contributed by atoms with Gasteiger partial charge in [-0.1, -0.05) is 23.9 Å². The van der Waals surface area contributed by atoms with Crippen LogP contribution in [-0.4, -0.2) is 55.9 Å². The Morgan fingerprint density at radius 3 is 2.50 bits per heavy atom. The van der Waals surface area contributed by atoms with Crippen LogP contribution in [0, 0.1) is 0 Å². The van der Waals surface area contributed by atoms with Gasteiger partial charge in [0.15, 0.2) is 11.5 Å². The summed E-state index contributed by atoms with van der Waals surface area (Å²) in [5.41, 5.74) is -0.105. The molecule has 1 aromatic carbocycles. The van der Waals surface area contributed by atoms with Gasteiger partial charge in [0, 0.05) is 27.2 Å². The number of likely N-dealkylation sites (tertiary alicyclic amines) is 1. The van der Waals surface area contributed by atoms with E-state index in [0.717, 1.165) is 36.9 Å². The van der Waals surface area contributed by atoms with Gasteiger partial charge in [-0.05, 0) is 31.4 Å². The van der Waals surface area contributed by atoms with Gasteiger partial charge in [0.25, 0.3) is 5.56 Å². The van der Waals surface area contributed by atoms with E-state index in [1.165, 1.54) is 23.4 Å². The van der Waals surface area contributed by atoms with Crippen molar-refractivity contribution in [1.29, 1.82) is 0 Å². The third-order valence-corrected chi connectivity index (χ3v) is 6.62. The van der Waals surface area contributed by atoms with Gasteiger partial charge in [-0.15, -0.1) is 0 Å². The van der Waals surface area contributed by atoms with Crippen molar-refractivity contribution in [3.63, 3.8) is 0 Å². The Labute approximate surface area is 189 Å². The lowest BCUT2D eigenvalue weighted by atomic mass is 10.1. The Balaban J connectivity index is 1.84. The van der Waals surface area contributed by atoms with Crippen LogP contribution in [0.25, 0.3) is 22.4 Å². The van der Waals surface area contributed by atoms with Gasteiger partial charge in [0.05, 0.1) is 18.4 Å². The summed E-state index contributed by atoms with van der Waals surface area (Å²) >= 11 is 1.20. The molecule has 32 heavy (non-hydrogen) atoms. The van der Waals surface area contributed by atoms with Crippen LogP contribution in [0.5, 0.6) is 5.75 Å². The molecule has 0 spiro atoms. The van der Waals surface area contributed by atoms with Crippen molar-refractivity contribution in [3.05, 3.63) is 45.1 Å². The molecule has 9 nitrogen and oxygen atoms in total. The fraction of sp³-hybridized carbons (Fsp3) is 0.409. The molecule has 1 aliphatic heterocycles. The molecule has 2 aromatic heterocycles. The van der Waals surface area contributed by atoms with Crippen LogP contribution in [0.1, 0.15) is 19.3 Å². The van der Waals surface area contributed by atoms with E-state index in [1.807, 2.05) is 23.1 Å². The highest BCUT2D eigenvalue weighted by atomic mass is 32.2. The molecule has 1 amide bonds. The molecule has 0 atom stereocenters. The maximum absolute atomic E-state index is 13.0. The summed E-state index contributed by atoms with van der Waals surface area (Å²) < 4.78 is 7.80. The molecule has 0 unspecified atom stereocenters. The van der Waals surface area contributed by atoms with E-state index in [1.54, 1.807) is 20.2 Å². The number of carbonyl (C=O) groups excluding carboxylic acids is 1. The lowest BCUT2D eigenvalue weighted by molar-refractivity contribution is -0.129. The van der Waals surface area contributed by atoms with Gasteiger partial charge in [0.2, 0.25) is 5.91 Å². The van der Waals surface area contributed by atoms with E-state index in [-0.39, 0.29) is 22.7 Å². The van der Waals surface area contributed by atoms with Crippen molar-refractivity contribution < 1.29 is 9.53 Å². The van der Waals surface area contributed by atoms with E-state index in [2.05, 4.69) is 9.97 Å². The summed E-state index contributed by atoms with van der Waals surface area (Å²) in [5, 5.41) is 0.599. The number of nitrogens with zero attached hydrogens (tertiary/aromatic N) is 5. The molecule has 10 heteroatoms. The number of piperidine rings is 1. The van der Waals surface area contributed by atoms with Crippen molar-refractivity contribution in [2.24, 2.45) is 14.1 Å². The van der Waals surface area contributed by atoms with Gasteiger partial charge in [0.1, 0.15) is 16.2 Å². The molecule has 0 radical (unpaired) electrons. The fourth-order valence-electron chi connectivity index (χ4n) is 3.85. The zero-order chi connectivity index (χ0) is 22.8. The van der Waals surface area contributed by atoms with Gasteiger partial charge in [-0.3, -0.25) is 18.7 Å². The Morgan fingerprint density at radius 1 is 1.06 bits per heavy atom. The predicted molar refractivity (Wildman–Crippen MR) is 123 cm³/mol. The maximum atomic E-state index is 13.0. The van der Waals surface area contributed by atoms with Crippen molar-refractivity contribution >= 4 is 28.7 Å². The number of aromatic nitrogens is 4. The number of ether oxygens (including phenoxy) is 1. The van der Waals surface area contributed by atoms with Crippen LogP contribution in [0.2, 0.25) is 0 Å². The first-order valence-electron chi connectivity index (χ1n) is 10.4. The number of carbonyl (C=O) groups is 1. The first kappa shape index (κ1) is 22.1. The molecule has 4 rings (SSSR count). The normalized spacial score (nSPS) is 14.0. The second kappa shape index (κ2) is 9.15. The zero-order valence-electron chi connectivity index (χ0n) is 18.3. The molecule has 0 saturated carbocycles. The fourth-order valence-corrected chi connectivity index (χ4v) is 4.76.